The lowest BCUT2D eigenvalue weighted by Gasteiger charge is -2.18. The number of amides is 1. The van der Waals surface area contributed by atoms with Crippen LogP contribution < -0.4 is 9.62 Å². The quantitative estimate of drug-likeness (QED) is 0.777. The van der Waals surface area contributed by atoms with Gasteiger partial charge in [-0.3, -0.25) is 9.10 Å². The predicted octanol–water partition coefficient (Wildman–Crippen LogP) is 2.93. The molecule has 23 heavy (non-hydrogen) atoms. The molecule has 5 nitrogen and oxygen atoms in total. The minimum absolute atomic E-state index is 0.119. The van der Waals surface area contributed by atoms with Crippen LogP contribution >= 0.6 is 0 Å². The fourth-order valence-corrected chi connectivity index (χ4v) is 4.37. The largest absolute Gasteiger partial charge is 0.350 e. The van der Waals surface area contributed by atoms with Crippen LogP contribution in [0.2, 0.25) is 0 Å². The Hall–Kier alpha value is -1.56. The summed E-state index contributed by atoms with van der Waals surface area (Å²) in [6.45, 7) is 4.64. The maximum atomic E-state index is 12.3. The minimum atomic E-state index is -3.22. The Morgan fingerprint density at radius 2 is 2.13 bits per heavy atom. The summed E-state index contributed by atoms with van der Waals surface area (Å²) in [5, 5.41) is 2.99. The molecule has 1 aromatic carbocycles. The number of nitrogens with zero attached hydrogens (tertiary/aromatic N) is 1. The zero-order valence-corrected chi connectivity index (χ0v) is 14.7. The number of carbonyl (C=O) groups is 1. The molecule has 0 bridgehead atoms. The Morgan fingerprint density at radius 3 is 2.78 bits per heavy atom. The molecule has 1 N–H and O–H groups in total. The monoisotopic (exact) mass is 338 g/mol. The summed E-state index contributed by atoms with van der Waals surface area (Å²) in [7, 11) is -3.22. The lowest BCUT2D eigenvalue weighted by atomic mass is 10.1. The molecule has 0 aromatic heterocycles. The van der Waals surface area contributed by atoms with Gasteiger partial charge < -0.3 is 5.32 Å². The molecule has 0 spiro atoms. The topological polar surface area (TPSA) is 66.5 Å². The first-order valence-corrected chi connectivity index (χ1v) is 9.96. The third kappa shape index (κ3) is 4.70. The van der Waals surface area contributed by atoms with Crippen molar-refractivity contribution in [2.45, 2.75) is 52.0 Å². The van der Waals surface area contributed by atoms with Gasteiger partial charge in [0.15, 0.2) is 0 Å². The van der Waals surface area contributed by atoms with Crippen molar-refractivity contribution in [2.24, 2.45) is 0 Å². The smallest absolute Gasteiger partial charge is 0.251 e. The third-order valence-electron chi connectivity index (χ3n) is 4.11. The van der Waals surface area contributed by atoms with Gasteiger partial charge in [0.1, 0.15) is 0 Å². The zero-order valence-electron chi connectivity index (χ0n) is 13.9. The molecule has 6 heteroatoms. The molecule has 1 fully saturated rings. The highest BCUT2D eigenvalue weighted by molar-refractivity contribution is 7.93. The van der Waals surface area contributed by atoms with E-state index in [9.17, 15) is 13.2 Å². The second-order valence-electron chi connectivity index (χ2n) is 6.16. The van der Waals surface area contributed by atoms with Crippen molar-refractivity contribution in [1.82, 2.24) is 5.32 Å². The van der Waals surface area contributed by atoms with E-state index in [4.69, 9.17) is 0 Å². The van der Waals surface area contributed by atoms with Crippen LogP contribution in [0.5, 0.6) is 0 Å². The van der Waals surface area contributed by atoms with Crippen molar-refractivity contribution >= 4 is 21.6 Å². The fraction of sp³-hybridized carbons (Fsp3) is 0.588. The molecule has 0 saturated carbocycles. The number of carbonyl (C=O) groups excluding carboxylic acids is 1. The van der Waals surface area contributed by atoms with Gasteiger partial charge in [-0.25, -0.2) is 8.42 Å². The molecule has 0 aliphatic carbocycles. The van der Waals surface area contributed by atoms with Crippen LogP contribution in [-0.4, -0.2) is 32.7 Å². The lowest BCUT2D eigenvalue weighted by Crippen LogP contribution is -2.32. The average Bonchev–Trinajstić information content (AvgIpc) is 2.87. The number of nitrogens with one attached hydrogen (secondary N) is 1. The second-order valence-corrected chi connectivity index (χ2v) is 8.18. The molecular formula is C17H26N2O3S. The van der Waals surface area contributed by atoms with Gasteiger partial charge in [-0.1, -0.05) is 32.3 Å². The van der Waals surface area contributed by atoms with Crippen LogP contribution in [0, 0.1) is 0 Å². The van der Waals surface area contributed by atoms with Gasteiger partial charge in [-0.05, 0) is 38.0 Å². The third-order valence-corrected chi connectivity index (χ3v) is 5.98. The summed E-state index contributed by atoms with van der Waals surface area (Å²) in [4.78, 5) is 12.3. The van der Waals surface area contributed by atoms with Crippen molar-refractivity contribution in [2.75, 3.05) is 16.6 Å². The highest BCUT2D eigenvalue weighted by Crippen LogP contribution is 2.24. The molecule has 1 atom stereocenters. The number of anilines is 1. The van der Waals surface area contributed by atoms with Crippen LogP contribution in [0.1, 0.15) is 56.3 Å². The standard InChI is InChI=1S/C17H26N2O3S/c1-3-4-5-8-14(2)18-17(20)15-9-6-10-16(13-15)19-11-7-12-23(19,21)22/h6,9-10,13-14H,3-5,7-8,11-12H2,1-2H3,(H,18,20). The molecule has 1 saturated heterocycles. The summed E-state index contributed by atoms with van der Waals surface area (Å²) in [6.07, 6.45) is 5.02. The van der Waals surface area contributed by atoms with E-state index in [0.29, 0.717) is 24.2 Å². The molecule has 1 aromatic rings. The van der Waals surface area contributed by atoms with Gasteiger partial charge in [-0.2, -0.15) is 0 Å². The Kier molecular flexibility index (Phi) is 6.04. The predicted molar refractivity (Wildman–Crippen MR) is 93.3 cm³/mol. The molecule has 1 amide bonds. The van der Waals surface area contributed by atoms with Gasteiger partial charge in [-0.15, -0.1) is 0 Å². The first-order chi connectivity index (χ1) is 10.9. The molecule has 1 aliphatic rings. The molecular weight excluding hydrogens is 312 g/mol. The van der Waals surface area contributed by atoms with E-state index < -0.39 is 10.0 Å². The first kappa shape index (κ1) is 17.8. The van der Waals surface area contributed by atoms with Gasteiger partial charge >= 0.3 is 0 Å². The van der Waals surface area contributed by atoms with Crippen molar-refractivity contribution in [1.29, 1.82) is 0 Å². The van der Waals surface area contributed by atoms with Crippen molar-refractivity contribution in [3.63, 3.8) is 0 Å². The zero-order chi connectivity index (χ0) is 16.9. The Balaban J connectivity index is 2.03. The Bertz CT molecular complexity index is 643. The van der Waals surface area contributed by atoms with E-state index in [-0.39, 0.29) is 17.7 Å². The molecule has 1 unspecified atom stereocenters. The summed E-state index contributed by atoms with van der Waals surface area (Å²) in [5.41, 5.74) is 1.08. The fourth-order valence-electron chi connectivity index (χ4n) is 2.81. The van der Waals surface area contributed by atoms with E-state index in [2.05, 4.69) is 12.2 Å². The van der Waals surface area contributed by atoms with Crippen LogP contribution in [0.4, 0.5) is 5.69 Å². The SMILES string of the molecule is CCCCCC(C)NC(=O)c1cccc(N2CCCS2(=O)=O)c1. The maximum absolute atomic E-state index is 12.3. The number of sulfonamides is 1. The number of hydrogen-bond donors (Lipinski definition) is 1. The Labute approximate surface area is 139 Å². The molecule has 1 aliphatic heterocycles. The average molecular weight is 338 g/mol. The molecule has 1 heterocycles. The van der Waals surface area contributed by atoms with Crippen molar-refractivity contribution in [3.05, 3.63) is 29.8 Å². The molecule has 2 rings (SSSR count). The summed E-state index contributed by atoms with van der Waals surface area (Å²) in [5.74, 6) is 0.0326. The minimum Gasteiger partial charge on any atom is -0.350 e. The van der Waals surface area contributed by atoms with E-state index in [1.165, 1.54) is 10.7 Å². The van der Waals surface area contributed by atoms with Gasteiger partial charge in [0.25, 0.3) is 5.91 Å². The van der Waals surface area contributed by atoms with E-state index in [1.807, 2.05) is 6.92 Å². The van der Waals surface area contributed by atoms with E-state index >= 15 is 0 Å². The van der Waals surface area contributed by atoms with Crippen LogP contribution in [0.3, 0.4) is 0 Å². The molecule has 128 valence electrons. The summed E-state index contributed by atoms with van der Waals surface area (Å²) in [6, 6.07) is 6.98. The first-order valence-electron chi connectivity index (χ1n) is 8.35. The van der Waals surface area contributed by atoms with Crippen molar-refractivity contribution in [3.8, 4) is 0 Å². The number of rotatable bonds is 7. The van der Waals surface area contributed by atoms with E-state index in [0.717, 1.165) is 19.3 Å². The summed E-state index contributed by atoms with van der Waals surface area (Å²) < 4.78 is 25.4. The number of benzene rings is 1. The highest BCUT2D eigenvalue weighted by atomic mass is 32.2. The highest BCUT2D eigenvalue weighted by Gasteiger charge is 2.28. The number of unbranched alkanes of at least 4 members (excludes halogenated alkanes) is 2. The van der Waals surface area contributed by atoms with Crippen molar-refractivity contribution < 1.29 is 13.2 Å². The van der Waals surface area contributed by atoms with Gasteiger partial charge in [0.2, 0.25) is 10.0 Å². The van der Waals surface area contributed by atoms with Gasteiger partial charge in [0, 0.05) is 18.2 Å². The lowest BCUT2D eigenvalue weighted by molar-refractivity contribution is 0.0938. The molecule has 0 radical (unpaired) electrons. The van der Waals surface area contributed by atoms with Crippen LogP contribution in [-0.2, 0) is 10.0 Å². The van der Waals surface area contributed by atoms with Gasteiger partial charge in [0.05, 0.1) is 11.4 Å². The van der Waals surface area contributed by atoms with Crippen LogP contribution in [0.15, 0.2) is 24.3 Å². The Morgan fingerprint density at radius 1 is 1.35 bits per heavy atom. The normalized spacial score (nSPS) is 17.9. The summed E-state index contributed by atoms with van der Waals surface area (Å²) >= 11 is 0. The maximum Gasteiger partial charge on any atom is 0.251 e. The second kappa shape index (κ2) is 7.81. The van der Waals surface area contributed by atoms with E-state index in [1.54, 1.807) is 24.3 Å². The van der Waals surface area contributed by atoms with Crippen LogP contribution in [0.25, 0.3) is 0 Å². The number of hydrogen-bond acceptors (Lipinski definition) is 3.